The first-order valence-corrected chi connectivity index (χ1v) is 15.1. The molecule has 6 aromatic rings. The van der Waals surface area contributed by atoms with E-state index in [1.807, 2.05) is 60.7 Å². The van der Waals surface area contributed by atoms with Crippen LogP contribution < -0.4 is 10.1 Å². The average Bonchev–Trinajstić information content (AvgIpc) is 3.57. The van der Waals surface area contributed by atoms with Gasteiger partial charge in [-0.1, -0.05) is 30.3 Å². The molecule has 0 spiro atoms. The number of benzene rings is 3. The van der Waals surface area contributed by atoms with E-state index in [0.29, 0.717) is 54.6 Å². The zero-order valence-corrected chi connectivity index (χ0v) is 25.5. The van der Waals surface area contributed by atoms with E-state index in [1.165, 1.54) is 12.1 Å². The van der Waals surface area contributed by atoms with Crippen molar-refractivity contribution >= 4 is 29.0 Å². The summed E-state index contributed by atoms with van der Waals surface area (Å²) in [6.45, 7) is 1.36. The molecule has 10 nitrogen and oxygen atoms in total. The summed E-state index contributed by atoms with van der Waals surface area (Å²) < 4.78 is 20.5. The van der Waals surface area contributed by atoms with Crippen LogP contribution in [0.3, 0.4) is 0 Å². The van der Waals surface area contributed by atoms with Crippen molar-refractivity contribution in [2.45, 2.75) is 0 Å². The summed E-state index contributed by atoms with van der Waals surface area (Å²) in [6.07, 6.45) is 1.59. The van der Waals surface area contributed by atoms with Gasteiger partial charge in [-0.3, -0.25) is 9.59 Å². The number of carbonyl (C=O) groups is 2. The van der Waals surface area contributed by atoms with Crippen molar-refractivity contribution in [1.82, 2.24) is 29.4 Å². The number of fused-ring (bicyclic) bond motifs is 1. The van der Waals surface area contributed by atoms with Gasteiger partial charge < -0.3 is 19.9 Å². The lowest BCUT2D eigenvalue weighted by Gasteiger charge is -2.35. The zero-order chi connectivity index (χ0) is 32.3. The number of aromatic nitrogens is 4. The van der Waals surface area contributed by atoms with E-state index < -0.39 is 0 Å². The zero-order valence-electron chi connectivity index (χ0n) is 25.5. The van der Waals surface area contributed by atoms with Crippen molar-refractivity contribution < 1.29 is 18.7 Å². The summed E-state index contributed by atoms with van der Waals surface area (Å²) in [5.41, 5.74) is 5.10. The van der Waals surface area contributed by atoms with Crippen LogP contribution in [0, 0.1) is 5.82 Å². The van der Waals surface area contributed by atoms with Gasteiger partial charge >= 0.3 is 0 Å². The van der Waals surface area contributed by atoms with Crippen LogP contribution in [0.1, 0.15) is 20.8 Å². The van der Waals surface area contributed by atoms with Gasteiger partial charge in [0.1, 0.15) is 23.1 Å². The highest BCUT2D eigenvalue weighted by Gasteiger charge is 2.28. The number of piperazine rings is 1. The van der Waals surface area contributed by atoms with Gasteiger partial charge in [0, 0.05) is 55.3 Å². The Morgan fingerprint density at radius 2 is 1.49 bits per heavy atom. The number of hydrogen-bond donors (Lipinski definition) is 1. The molecular weight excluding hydrogens is 597 g/mol. The summed E-state index contributed by atoms with van der Waals surface area (Å²) >= 11 is 0. The minimum absolute atomic E-state index is 0.205. The second-order valence-corrected chi connectivity index (χ2v) is 11.0. The van der Waals surface area contributed by atoms with E-state index in [1.54, 1.807) is 58.0 Å². The molecular formula is C36H30FN7O3. The average molecular weight is 628 g/mol. The molecule has 0 unspecified atom stereocenters. The second-order valence-electron chi connectivity index (χ2n) is 11.0. The standard InChI is InChI=1S/C36H30FN7O3/c1-47-28-15-9-25(10-16-28)32-22-31(40-33-23-30(41-44(32)33)24-6-3-2-4-7-24)36(46)43-20-18-42(19-21-43)35(45)29-8-5-17-38-34(29)39-27-13-11-26(37)12-14-27/h2-17,22-23H,18-21H2,1H3,(H,38,39). The molecule has 1 aliphatic rings. The molecule has 11 heteroatoms. The first-order valence-electron chi connectivity index (χ1n) is 15.1. The maximum absolute atomic E-state index is 13.9. The molecule has 1 fully saturated rings. The van der Waals surface area contributed by atoms with Gasteiger partial charge in [-0.15, -0.1) is 0 Å². The minimum atomic E-state index is -0.352. The van der Waals surface area contributed by atoms with Crippen LogP contribution in [0.4, 0.5) is 15.9 Å². The molecule has 0 atom stereocenters. The largest absolute Gasteiger partial charge is 0.497 e. The number of hydrogen-bond acceptors (Lipinski definition) is 7. The molecule has 0 aliphatic carbocycles. The van der Waals surface area contributed by atoms with Crippen molar-refractivity contribution in [3.8, 4) is 28.3 Å². The van der Waals surface area contributed by atoms with Crippen molar-refractivity contribution in [3.63, 3.8) is 0 Å². The van der Waals surface area contributed by atoms with Gasteiger partial charge in [-0.2, -0.15) is 5.10 Å². The van der Waals surface area contributed by atoms with E-state index in [9.17, 15) is 14.0 Å². The summed E-state index contributed by atoms with van der Waals surface area (Å²) in [7, 11) is 1.61. The Hall–Kier alpha value is -6.10. The quantitative estimate of drug-likeness (QED) is 0.233. The maximum Gasteiger partial charge on any atom is 0.272 e. The van der Waals surface area contributed by atoms with Crippen molar-refractivity contribution in [2.24, 2.45) is 0 Å². The number of rotatable bonds is 7. The molecule has 7 rings (SSSR count). The normalized spacial score (nSPS) is 13.1. The van der Waals surface area contributed by atoms with Gasteiger partial charge in [0.25, 0.3) is 11.8 Å². The first kappa shape index (κ1) is 29.6. The Labute approximate surface area is 270 Å². The summed E-state index contributed by atoms with van der Waals surface area (Å²) in [6, 6.07) is 30.3. The van der Waals surface area contributed by atoms with E-state index >= 15 is 0 Å². The number of methoxy groups -OCH3 is 1. The number of halogens is 1. The van der Waals surface area contributed by atoms with Gasteiger partial charge in [-0.05, 0) is 66.7 Å². The smallest absolute Gasteiger partial charge is 0.272 e. The predicted octanol–water partition coefficient (Wildman–Crippen LogP) is 5.95. The molecule has 3 aromatic heterocycles. The van der Waals surface area contributed by atoms with Crippen LogP contribution in [0.25, 0.3) is 28.2 Å². The molecule has 1 saturated heterocycles. The monoisotopic (exact) mass is 627 g/mol. The molecule has 2 amide bonds. The lowest BCUT2D eigenvalue weighted by molar-refractivity contribution is 0.0533. The molecule has 47 heavy (non-hydrogen) atoms. The van der Waals surface area contributed by atoms with E-state index in [0.717, 1.165) is 28.3 Å². The Balaban J connectivity index is 1.12. The van der Waals surface area contributed by atoms with Gasteiger partial charge in [0.15, 0.2) is 5.65 Å². The molecule has 234 valence electrons. The van der Waals surface area contributed by atoms with Gasteiger partial charge in [0.2, 0.25) is 0 Å². The lowest BCUT2D eigenvalue weighted by atomic mass is 10.1. The fraction of sp³-hybridized carbons (Fsp3) is 0.139. The van der Waals surface area contributed by atoms with Crippen LogP contribution in [0.15, 0.2) is 109 Å². The topological polar surface area (TPSA) is 105 Å². The summed E-state index contributed by atoms with van der Waals surface area (Å²) in [5.74, 6) is 0.315. The number of nitrogens with one attached hydrogen (secondary N) is 1. The minimum Gasteiger partial charge on any atom is -0.497 e. The molecule has 1 aliphatic heterocycles. The van der Waals surface area contributed by atoms with Crippen LogP contribution in [-0.2, 0) is 0 Å². The predicted molar refractivity (Wildman–Crippen MR) is 176 cm³/mol. The van der Waals surface area contributed by atoms with E-state index in [-0.39, 0.29) is 17.6 Å². The molecule has 1 N–H and O–H groups in total. The number of anilines is 2. The lowest BCUT2D eigenvalue weighted by Crippen LogP contribution is -2.50. The highest BCUT2D eigenvalue weighted by atomic mass is 19.1. The fourth-order valence-corrected chi connectivity index (χ4v) is 5.59. The summed E-state index contributed by atoms with van der Waals surface area (Å²) in [4.78, 5) is 40.0. The second kappa shape index (κ2) is 12.7. The van der Waals surface area contributed by atoms with Crippen LogP contribution >= 0.6 is 0 Å². The Morgan fingerprint density at radius 3 is 2.19 bits per heavy atom. The third kappa shape index (κ3) is 6.10. The van der Waals surface area contributed by atoms with Crippen LogP contribution in [0.2, 0.25) is 0 Å². The Bertz CT molecular complexity index is 2060. The number of carbonyl (C=O) groups excluding carboxylic acids is 2. The summed E-state index contributed by atoms with van der Waals surface area (Å²) in [5, 5.41) is 7.95. The van der Waals surface area contributed by atoms with E-state index in [2.05, 4.69) is 10.3 Å². The third-order valence-electron chi connectivity index (χ3n) is 8.10. The SMILES string of the molecule is COc1ccc(-c2cc(C(=O)N3CCN(C(=O)c4cccnc4Nc4ccc(F)cc4)CC3)nc3cc(-c4ccccc4)nn23)cc1. The number of amides is 2. The van der Waals surface area contributed by atoms with Gasteiger partial charge in [0.05, 0.1) is 24.1 Å². The number of nitrogens with zero attached hydrogens (tertiary/aromatic N) is 6. The van der Waals surface area contributed by atoms with Crippen LogP contribution in [0.5, 0.6) is 5.75 Å². The first-order chi connectivity index (χ1) is 23.0. The molecule has 0 radical (unpaired) electrons. The number of ether oxygens (including phenoxy) is 1. The van der Waals surface area contributed by atoms with Crippen molar-refractivity contribution in [1.29, 1.82) is 0 Å². The van der Waals surface area contributed by atoms with E-state index in [4.69, 9.17) is 14.8 Å². The molecule has 4 heterocycles. The molecule has 0 bridgehead atoms. The molecule has 0 saturated carbocycles. The number of pyridine rings is 1. The van der Waals surface area contributed by atoms with Crippen molar-refractivity contribution in [3.05, 3.63) is 126 Å². The van der Waals surface area contributed by atoms with Gasteiger partial charge in [-0.25, -0.2) is 18.9 Å². The fourth-order valence-electron chi connectivity index (χ4n) is 5.59. The Kier molecular flexibility index (Phi) is 8.01. The maximum atomic E-state index is 13.9. The highest BCUT2D eigenvalue weighted by molar-refractivity contribution is 6.00. The van der Waals surface area contributed by atoms with Crippen molar-refractivity contribution in [2.75, 3.05) is 38.6 Å². The third-order valence-corrected chi connectivity index (χ3v) is 8.10. The Morgan fingerprint density at radius 1 is 0.787 bits per heavy atom. The highest BCUT2D eigenvalue weighted by Crippen LogP contribution is 2.28. The van der Waals surface area contributed by atoms with Crippen LogP contribution in [-0.4, -0.2) is 74.5 Å². The molecule has 3 aromatic carbocycles.